The summed E-state index contributed by atoms with van der Waals surface area (Å²) < 4.78 is 25.9. The predicted octanol–water partition coefficient (Wildman–Crippen LogP) is 3.39. The first-order valence-corrected chi connectivity index (χ1v) is 7.85. The molecule has 0 aliphatic heterocycles. The molecule has 0 N–H and O–H groups in total. The number of rotatable bonds is 3. The molecule has 0 radical (unpaired) electrons. The molecule has 3 atom stereocenters. The van der Waals surface area contributed by atoms with E-state index in [0.717, 1.165) is 11.6 Å². The Bertz CT molecular complexity index is 560. The third-order valence-electron chi connectivity index (χ3n) is 4.26. The molecule has 1 saturated carbocycles. The van der Waals surface area contributed by atoms with E-state index >= 15 is 4.39 Å². The Morgan fingerprint density at radius 3 is 2.36 bits per heavy atom. The summed E-state index contributed by atoms with van der Waals surface area (Å²) in [5.41, 5.74) is -1.74. The van der Waals surface area contributed by atoms with E-state index in [2.05, 4.69) is 25.4 Å². The molecular formula is C16H18BrFO4. The van der Waals surface area contributed by atoms with Crippen molar-refractivity contribution < 1.29 is 23.5 Å². The Kier molecular flexibility index (Phi) is 5.21. The van der Waals surface area contributed by atoms with Crippen LogP contribution in [0.4, 0.5) is 4.39 Å². The molecule has 1 aromatic rings. The van der Waals surface area contributed by atoms with Crippen molar-refractivity contribution in [2.24, 2.45) is 5.92 Å². The van der Waals surface area contributed by atoms with Crippen LogP contribution < -0.4 is 0 Å². The van der Waals surface area contributed by atoms with Crippen LogP contribution in [0.2, 0.25) is 0 Å². The zero-order chi connectivity index (χ0) is 16.3. The maximum absolute atomic E-state index is 15.7. The first-order valence-electron chi connectivity index (χ1n) is 7.05. The number of hydrogen-bond acceptors (Lipinski definition) is 4. The molecule has 6 heteroatoms. The monoisotopic (exact) mass is 372 g/mol. The van der Waals surface area contributed by atoms with Gasteiger partial charge in [-0.15, -0.1) is 0 Å². The Labute approximate surface area is 137 Å². The second-order valence-corrected chi connectivity index (χ2v) is 6.29. The van der Waals surface area contributed by atoms with Crippen LogP contribution in [0, 0.1) is 5.92 Å². The largest absolute Gasteiger partial charge is 0.469 e. The Balaban J connectivity index is 2.48. The molecule has 2 rings (SSSR count). The second kappa shape index (κ2) is 6.77. The predicted molar refractivity (Wildman–Crippen MR) is 82.1 cm³/mol. The molecule has 1 aliphatic carbocycles. The normalized spacial score (nSPS) is 28.0. The van der Waals surface area contributed by atoms with E-state index in [9.17, 15) is 9.59 Å². The molecule has 0 bridgehead atoms. The van der Waals surface area contributed by atoms with E-state index in [4.69, 9.17) is 0 Å². The van der Waals surface area contributed by atoms with E-state index < -0.39 is 29.4 Å². The van der Waals surface area contributed by atoms with Gasteiger partial charge in [-0.25, -0.2) is 9.18 Å². The number of carbonyl (C=O) groups excluding carboxylic acids is 2. The fourth-order valence-electron chi connectivity index (χ4n) is 3.17. The maximum Gasteiger partial charge on any atom is 0.345 e. The summed E-state index contributed by atoms with van der Waals surface area (Å²) in [6.45, 7) is 0. The van der Waals surface area contributed by atoms with Gasteiger partial charge in [0.25, 0.3) is 0 Å². The van der Waals surface area contributed by atoms with Gasteiger partial charge >= 0.3 is 11.9 Å². The number of alkyl halides is 1. The first kappa shape index (κ1) is 16.9. The highest BCUT2D eigenvalue weighted by atomic mass is 79.9. The first-order chi connectivity index (χ1) is 10.4. The van der Waals surface area contributed by atoms with Crippen molar-refractivity contribution in [3.63, 3.8) is 0 Å². The van der Waals surface area contributed by atoms with Crippen molar-refractivity contribution in [1.29, 1.82) is 0 Å². The van der Waals surface area contributed by atoms with E-state index in [1.807, 2.05) is 0 Å². The minimum Gasteiger partial charge on any atom is -0.469 e. The quantitative estimate of drug-likeness (QED) is 0.763. The molecule has 120 valence electrons. The van der Waals surface area contributed by atoms with Crippen LogP contribution in [0.15, 0.2) is 28.7 Å². The van der Waals surface area contributed by atoms with Gasteiger partial charge in [-0.05, 0) is 30.5 Å². The van der Waals surface area contributed by atoms with Gasteiger partial charge < -0.3 is 9.47 Å². The lowest BCUT2D eigenvalue weighted by Gasteiger charge is -2.40. The summed E-state index contributed by atoms with van der Waals surface area (Å²) in [6, 6.07) is 7.08. The van der Waals surface area contributed by atoms with E-state index in [1.165, 1.54) is 7.11 Å². The molecule has 22 heavy (non-hydrogen) atoms. The highest BCUT2D eigenvalue weighted by Crippen LogP contribution is 2.48. The number of methoxy groups -OCH3 is 2. The Morgan fingerprint density at radius 1 is 1.18 bits per heavy atom. The van der Waals surface area contributed by atoms with Crippen molar-refractivity contribution in [3.05, 3.63) is 34.3 Å². The third kappa shape index (κ3) is 2.89. The van der Waals surface area contributed by atoms with Crippen molar-refractivity contribution in [2.75, 3.05) is 14.2 Å². The lowest BCUT2D eigenvalue weighted by Crippen LogP contribution is -2.53. The summed E-state index contributed by atoms with van der Waals surface area (Å²) in [4.78, 5) is 24.1. The van der Waals surface area contributed by atoms with Crippen molar-refractivity contribution >= 4 is 27.9 Å². The van der Waals surface area contributed by atoms with Gasteiger partial charge in [0.1, 0.15) is 5.92 Å². The molecule has 0 spiro atoms. The summed E-state index contributed by atoms with van der Waals surface area (Å²) >= 11 is 3.33. The van der Waals surface area contributed by atoms with Crippen LogP contribution in [0.25, 0.3) is 0 Å². The van der Waals surface area contributed by atoms with Gasteiger partial charge in [0.05, 0.1) is 14.2 Å². The fraction of sp³-hybridized carbons (Fsp3) is 0.500. The molecule has 0 aromatic heterocycles. The summed E-state index contributed by atoms with van der Waals surface area (Å²) in [5, 5.41) is 0. The van der Waals surface area contributed by atoms with E-state index in [-0.39, 0.29) is 6.42 Å². The number of benzene rings is 1. The molecule has 0 heterocycles. The van der Waals surface area contributed by atoms with Gasteiger partial charge in [0, 0.05) is 10.4 Å². The van der Waals surface area contributed by atoms with Crippen LogP contribution in [-0.2, 0) is 19.1 Å². The maximum atomic E-state index is 15.7. The highest BCUT2D eigenvalue weighted by molar-refractivity contribution is 9.10. The molecule has 1 fully saturated rings. The fourth-order valence-corrected chi connectivity index (χ4v) is 3.43. The lowest BCUT2D eigenvalue weighted by atomic mass is 9.67. The molecule has 4 nitrogen and oxygen atoms in total. The van der Waals surface area contributed by atoms with Gasteiger partial charge in [-0.2, -0.15) is 0 Å². The highest BCUT2D eigenvalue weighted by Gasteiger charge is 2.59. The summed E-state index contributed by atoms with van der Waals surface area (Å²) in [5.74, 6) is -3.61. The van der Waals surface area contributed by atoms with Gasteiger partial charge in [0.15, 0.2) is 0 Å². The van der Waals surface area contributed by atoms with E-state index in [1.54, 1.807) is 24.3 Å². The topological polar surface area (TPSA) is 52.6 Å². The molecule has 0 saturated heterocycles. The van der Waals surface area contributed by atoms with E-state index in [0.29, 0.717) is 18.4 Å². The Hall–Kier alpha value is -1.43. The number of ether oxygens (including phenoxy) is 2. The molecular weight excluding hydrogens is 355 g/mol. The summed E-state index contributed by atoms with van der Waals surface area (Å²) in [6.07, 6.45) is 1.38. The van der Waals surface area contributed by atoms with Crippen LogP contribution in [-0.4, -0.2) is 31.8 Å². The van der Waals surface area contributed by atoms with Crippen LogP contribution in [0.1, 0.15) is 30.7 Å². The second-order valence-electron chi connectivity index (χ2n) is 5.37. The molecule has 0 unspecified atom stereocenters. The van der Waals surface area contributed by atoms with Crippen LogP contribution in [0.5, 0.6) is 0 Å². The standard InChI is InChI=1S/C16H18BrFO4/c1-21-14(19)13-5-3-4-12(16(13,18)15(20)22-2)10-6-8-11(17)9-7-10/h6-9,12-13H,3-5H2,1-2H3/t12-,13+,16+/m0/s1. The number of hydrogen-bond donors (Lipinski definition) is 0. The zero-order valence-corrected chi connectivity index (χ0v) is 14.1. The van der Waals surface area contributed by atoms with Gasteiger partial charge in [-0.3, -0.25) is 4.79 Å². The third-order valence-corrected chi connectivity index (χ3v) is 4.78. The minimum absolute atomic E-state index is 0.269. The van der Waals surface area contributed by atoms with Crippen molar-refractivity contribution in [2.45, 2.75) is 30.8 Å². The smallest absolute Gasteiger partial charge is 0.345 e. The van der Waals surface area contributed by atoms with Crippen molar-refractivity contribution in [3.8, 4) is 0 Å². The molecule has 1 aromatic carbocycles. The van der Waals surface area contributed by atoms with Gasteiger partial charge in [-0.1, -0.05) is 34.5 Å². The summed E-state index contributed by atoms with van der Waals surface area (Å²) in [7, 11) is 2.33. The van der Waals surface area contributed by atoms with Crippen LogP contribution >= 0.6 is 15.9 Å². The Morgan fingerprint density at radius 2 is 1.82 bits per heavy atom. The average molecular weight is 373 g/mol. The average Bonchev–Trinajstić information content (AvgIpc) is 2.54. The number of carbonyl (C=O) groups is 2. The lowest BCUT2D eigenvalue weighted by molar-refractivity contribution is -0.174. The van der Waals surface area contributed by atoms with Crippen LogP contribution in [0.3, 0.4) is 0 Å². The molecule has 1 aliphatic rings. The SMILES string of the molecule is COC(=O)[C@H]1CCC[C@@H](c2ccc(Br)cc2)[C@]1(F)C(=O)OC. The molecule has 0 amide bonds. The minimum atomic E-state index is -2.41. The van der Waals surface area contributed by atoms with Crippen molar-refractivity contribution in [1.82, 2.24) is 0 Å². The number of esters is 2. The number of halogens is 2. The zero-order valence-electron chi connectivity index (χ0n) is 12.5. The van der Waals surface area contributed by atoms with Gasteiger partial charge in [0.2, 0.25) is 5.67 Å².